The minimum atomic E-state index is -0.541. The number of rotatable bonds is 10. The molecule has 0 radical (unpaired) electrons. The molecule has 5 aromatic rings. The van der Waals surface area contributed by atoms with Crippen molar-refractivity contribution in [1.82, 2.24) is 5.43 Å². The van der Waals surface area contributed by atoms with Gasteiger partial charge in [-0.05, 0) is 70.9 Å². The Kier molecular flexibility index (Phi) is 8.88. The van der Waals surface area contributed by atoms with Crippen LogP contribution >= 0.6 is 11.6 Å². The van der Waals surface area contributed by atoms with Crippen molar-refractivity contribution in [2.24, 2.45) is 5.10 Å². The molecule has 0 aliphatic heterocycles. The smallest absolute Gasteiger partial charge is 0.343 e. The minimum absolute atomic E-state index is 0.241. The van der Waals surface area contributed by atoms with Crippen LogP contribution in [-0.2, 0) is 11.4 Å². The number of carbonyl (C=O) groups is 2. The van der Waals surface area contributed by atoms with Crippen LogP contribution < -0.4 is 19.6 Å². The molecule has 8 heteroatoms. The van der Waals surface area contributed by atoms with Crippen LogP contribution in [0.2, 0.25) is 5.02 Å². The molecule has 0 spiro atoms. The van der Waals surface area contributed by atoms with E-state index in [-0.39, 0.29) is 6.61 Å². The Morgan fingerprint density at radius 3 is 2.20 bits per heavy atom. The first kappa shape index (κ1) is 27.4. The van der Waals surface area contributed by atoms with E-state index in [1.54, 1.807) is 54.6 Å². The Bertz CT molecular complexity index is 1670. The van der Waals surface area contributed by atoms with Crippen LogP contribution in [0.3, 0.4) is 0 Å². The lowest BCUT2D eigenvalue weighted by atomic mass is 10.0. The molecule has 7 nitrogen and oxygen atoms in total. The molecular formula is C33H25ClN2O5. The number of halogens is 1. The van der Waals surface area contributed by atoms with E-state index in [9.17, 15) is 9.59 Å². The first-order chi connectivity index (χ1) is 20.0. The fraction of sp³-hybridized carbons (Fsp3) is 0.0606. The number of ether oxygens (including phenoxy) is 3. The Labute approximate surface area is 241 Å². The van der Waals surface area contributed by atoms with E-state index in [0.29, 0.717) is 40.0 Å². The van der Waals surface area contributed by atoms with E-state index in [2.05, 4.69) is 10.5 Å². The fourth-order valence-corrected chi connectivity index (χ4v) is 4.09. The number of hydrogen-bond donors (Lipinski definition) is 1. The molecule has 0 heterocycles. The second-order valence-corrected chi connectivity index (χ2v) is 9.36. The number of benzene rings is 5. The Hall–Kier alpha value is -5.14. The van der Waals surface area contributed by atoms with Crippen LogP contribution in [-0.4, -0.2) is 24.7 Å². The number of fused-ring (bicyclic) bond motifs is 1. The zero-order chi connectivity index (χ0) is 28.4. The lowest BCUT2D eigenvalue weighted by molar-refractivity contribution is -0.123. The first-order valence-corrected chi connectivity index (χ1v) is 13.1. The summed E-state index contributed by atoms with van der Waals surface area (Å²) in [4.78, 5) is 25.1. The summed E-state index contributed by atoms with van der Waals surface area (Å²) in [5, 5.41) is 6.33. The average molecular weight is 565 g/mol. The second kappa shape index (κ2) is 13.3. The van der Waals surface area contributed by atoms with Gasteiger partial charge in [0.2, 0.25) is 0 Å². The highest BCUT2D eigenvalue weighted by Crippen LogP contribution is 2.27. The van der Waals surface area contributed by atoms with Gasteiger partial charge in [-0.25, -0.2) is 10.2 Å². The van der Waals surface area contributed by atoms with Crippen LogP contribution in [0.15, 0.2) is 120 Å². The average Bonchev–Trinajstić information content (AvgIpc) is 3.01. The summed E-state index contributed by atoms with van der Waals surface area (Å²) in [6.07, 6.45) is 1.45. The molecule has 0 saturated carbocycles. The van der Waals surface area contributed by atoms with E-state index in [0.717, 1.165) is 16.3 Å². The van der Waals surface area contributed by atoms with Crippen LogP contribution in [0.1, 0.15) is 21.5 Å². The number of hydrogen-bond acceptors (Lipinski definition) is 6. The summed E-state index contributed by atoms with van der Waals surface area (Å²) in [6.45, 7) is 0.218. The molecule has 0 aromatic heterocycles. The number of hydrazone groups is 1. The van der Waals surface area contributed by atoms with E-state index in [4.69, 9.17) is 25.8 Å². The highest BCUT2D eigenvalue weighted by molar-refractivity contribution is 6.30. The number of amides is 1. The van der Waals surface area contributed by atoms with Gasteiger partial charge in [0.15, 0.2) is 6.61 Å². The van der Waals surface area contributed by atoms with Gasteiger partial charge in [-0.1, -0.05) is 72.3 Å². The van der Waals surface area contributed by atoms with Gasteiger partial charge in [-0.15, -0.1) is 0 Å². The summed E-state index contributed by atoms with van der Waals surface area (Å²) in [7, 11) is 0. The highest BCUT2D eigenvalue weighted by Gasteiger charge is 2.14. The molecule has 0 saturated heterocycles. The van der Waals surface area contributed by atoms with Gasteiger partial charge in [0.25, 0.3) is 5.91 Å². The monoisotopic (exact) mass is 564 g/mol. The number of nitrogens with one attached hydrogen (secondary N) is 1. The summed E-state index contributed by atoms with van der Waals surface area (Å²) in [5.41, 5.74) is 4.42. The van der Waals surface area contributed by atoms with Gasteiger partial charge >= 0.3 is 5.97 Å². The van der Waals surface area contributed by atoms with E-state index >= 15 is 0 Å². The standard InChI is InChI=1S/C33H25ClN2O5/c34-26-13-10-25(11-14-26)33(38)41-31-19-12-24-8-4-5-9-29(24)30(31)20-35-36-32(37)22-40-28-17-15-27(16-18-28)39-21-23-6-2-1-3-7-23/h1-20H,21-22H2,(H,36,37). The van der Waals surface area contributed by atoms with Crippen LogP contribution in [0, 0.1) is 0 Å². The van der Waals surface area contributed by atoms with Crippen molar-refractivity contribution in [3.8, 4) is 17.2 Å². The summed E-state index contributed by atoms with van der Waals surface area (Å²) in [6, 6.07) is 34.4. The van der Waals surface area contributed by atoms with E-state index in [1.807, 2.05) is 60.7 Å². The molecule has 1 N–H and O–H groups in total. The lowest BCUT2D eigenvalue weighted by Crippen LogP contribution is -2.24. The van der Waals surface area contributed by atoms with Crippen molar-refractivity contribution in [3.63, 3.8) is 0 Å². The molecule has 204 valence electrons. The minimum Gasteiger partial charge on any atom is -0.489 e. The van der Waals surface area contributed by atoms with Crippen LogP contribution in [0.4, 0.5) is 0 Å². The second-order valence-electron chi connectivity index (χ2n) is 8.92. The maximum absolute atomic E-state index is 12.7. The molecule has 0 unspecified atom stereocenters. The first-order valence-electron chi connectivity index (χ1n) is 12.8. The maximum atomic E-state index is 12.7. The molecule has 5 rings (SSSR count). The van der Waals surface area contributed by atoms with Crippen molar-refractivity contribution in [3.05, 3.63) is 137 Å². The molecule has 5 aromatic carbocycles. The zero-order valence-corrected chi connectivity index (χ0v) is 22.6. The van der Waals surface area contributed by atoms with Gasteiger partial charge in [0.05, 0.1) is 11.8 Å². The zero-order valence-electron chi connectivity index (χ0n) is 21.8. The third kappa shape index (κ3) is 7.50. The van der Waals surface area contributed by atoms with Gasteiger partial charge in [-0.2, -0.15) is 5.10 Å². The lowest BCUT2D eigenvalue weighted by Gasteiger charge is -2.11. The molecular weight excluding hydrogens is 540 g/mol. The quantitative estimate of drug-likeness (QED) is 0.0870. The highest BCUT2D eigenvalue weighted by atomic mass is 35.5. The molecule has 41 heavy (non-hydrogen) atoms. The predicted molar refractivity (Wildman–Crippen MR) is 159 cm³/mol. The summed E-state index contributed by atoms with van der Waals surface area (Å²) < 4.78 is 17.0. The molecule has 0 aliphatic rings. The van der Waals surface area contributed by atoms with E-state index in [1.165, 1.54) is 6.21 Å². The Morgan fingerprint density at radius 2 is 1.44 bits per heavy atom. The molecule has 0 fully saturated rings. The molecule has 0 aliphatic carbocycles. The van der Waals surface area contributed by atoms with Gasteiger partial charge in [0.1, 0.15) is 23.9 Å². The predicted octanol–water partition coefficient (Wildman–Crippen LogP) is 6.82. The number of esters is 1. The third-order valence-corrected chi connectivity index (χ3v) is 6.29. The van der Waals surface area contributed by atoms with Crippen LogP contribution in [0.25, 0.3) is 10.8 Å². The molecule has 0 atom stereocenters. The maximum Gasteiger partial charge on any atom is 0.343 e. The SMILES string of the molecule is O=C(COc1ccc(OCc2ccccc2)cc1)NN=Cc1c(OC(=O)c2ccc(Cl)cc2)ccc2ccccc12. The normalized spacial score (nSPS) is 10.9. The van der Waals surface area contributed by atoms with E-state index < -0.39 is 11.9 Å². The van der Waals surface area contributed by atoms with Gasteiger partial charge in [-0.3, -0.25) is 4.79 Å². The van der Waals surface area contributed by atoms with Crippen molar-refractivity contribution in [2.45, 2.75) is 6.61 Å². The van der Waals surface area contributed by atoms with Crippen molar-refractivity contribution >= 4 is 40.5 Å². The number of carbonyl (C=O) groups excluding carboxylic acids is 2. The van der Waals surface area contributed by atoms with Crippen molar-refractivity contribution in [1.29, 1.82) is 0 Å². The summed E-state index contributed by atoms with van der Waals surface area (Å²) >= 11 is 5.93. The molecule has 1 amide bonds. The third-order valence-electron chi connectivity index (χ3n) is 6.04. The fourth-order valence-electron chi connectivity index (χ4n) is 3.97. The van der Waals surface area contributed by atoms with Crippen LogP contribution in [0.5, 0.6) is 17.2 Å². The largest absolute Gasteiger partial charge is 0.489 e. The Morgan fingerprint density at radius 1 is 0.756 bits per heavy atom. The number of nitrogens with zero attached hydrogens (tertiary/aromatic N) is 1. The Balaban J connectivity index is 1.19. The molecule has 0 bridgehead atoms. The van der Waals surface area contributed by atoms with Gasteiger partial charge < -0.3 is 14.2 Å². The topological polar surface area (TPSA) is 86.2 Å². The summed E-state index contributed by atoms with van der Waals surface area (Å²) in [5.74, 6) is 0.512. The van der Waals surface area contributed by atoms with Gasteiger partial charge in [0, 0.05) is 10.6 Å². The van der Waals surface area contributed by atoms with Crippen molar-refractivity contribution in [2.75, 3.05) is 6.61 Å². The van der Waals surface area contributed by atoms with Crippen molar-refractivity contribution < 1.29 is 23.8 Å².